The molecule has 1 heterocycles. The summed E-state index contributed by atoms with van der Waals surface area (Å²) < 4.78 is 0. The van der Waals surface area contributed by atoms with Gasteiger partial charge in [-0.3, -0.25) is 0 Å². The van der Waals surface area contributed by atoms with Crippen molar-refractivity contribution in [2.75, 3.05) is 7.05 Å². The average molecular weight is 140 g/mol. The van der Waals surface area contributed by atoms with Gasteiger partial charge in [0.1, 0.15) is 0 Å². The van der Waals surface area contributed by atoms with Crippen LogP contribution in [0.5, 0.6) is 0 Å². The van der Waals surface area contributed by atoms with Crippen molar-refractivity contribution < 1.29 is 0 Å². The number of aromatic nitrogens is 3. The number of H-pyrrole nitrogens is 1. The number of hydrogen-bond acceptors (Lipinski definition) is 3. The molecule has 0 bridgehead atoms. The molecule has 1 rings (SSSR count). The van der Waals surface area contributed by atoms with Gasteiger partial charge < -0.3 is 5.32 Å². The van der Waals surface area contributed by atoms with Gasteiger partial charge in [-0.2, -0.15) is 15.4 Å². The lowest BCUT2D eigenvalue weighted by Gasteiger charge is -1.93. The van der Waals surface area contributed by atoms with Crippen LogP contribution in [-0.2, 0) is 13.0 Å². The van der Waals surface area contributed by atoms with E-state index in [9.17, 15) is 0 Å². The van der Waals surface area contributed by atoms with Crippen LogP contribution in [0.3, 0.4) is 0 Å². The number of nitrogens with zero attached hydrogens (tertiary/aromatic N) is 2. The highest BCUT2D eigenvalue weighted by molar-refractivity contribution is 5.07. The van der Waals surface area contributed by atoms with Gasteiger partial charge in [-0.05, 0) is 13.5 Å². The van der Waals surface area contributed by atoms with Crippen molar-refractivity contribution >= 4 is 0 Å². The molecule has 0 aliphatic heterocycles. The van der Waals surface area contributed by atoms with Crippen LogP contribution < -0.4 is 5.32 Å². The Bertz CT molecular complexity index is 193. The van der Waals surface area contributed by atoms with Crippen molar-refractivity contribution in [1.82, 2.24) is 20.7 Å². The van der Waals surface area contributed by atoms with E-state index < -0.39 is 0 Å². The number of hydrogen-bond donors (Lipinski definition) is 2. The van der Waals surface area contributed by atoms with Crippen molar-refractivity contribution in [3.8, 4) is 0 Å². The van der Waals surface area contributed by atoms with Crippen LogP contribution in [0.4, 0.5) is 0 Å². The monoisotopic (exact) mass is 140 g/mol. The fourth-order valence-electron chi connectivity index (χ4n) is 0.867. The van der Waals surface area contributed by atoms with Crippen molar-refractivity contribution in [3.05, 3.63) is 11.4 Å². The third kappa shape index (κ3) is 1.33. The van der Waals surface area contributed by atoms with Gasteiger partial charge in [-0.1, -0.05) is 6.92 Å². The third-order valence-corrected chi connectivity index (χ3v) is 1.38. The molecule has 0 saturated carbocycles. The quantitative estimate of drug-likeness (QED) is 0.625. The van der Waals surface area contributed by atoms with Crippen LogP contribution in [0.25, 0.3) is 0 Å². The second kappa shape index (κ2) is 3.31. The first-order valence-corrected chi connectivity index (χ1v) is 3.41. The molecule has 4 nitrogen and oxygen atoms in total. The van der Waals surface area contributed by atoms with E-state index in [1.54, 1.807) is 0 Å². The predicted octanol–water partition coefficient (Wildman–Crippen LogP) is 0.0865. The summed E-state index contributed by atoms with van der Waals surface area (Å²) >= 11 is 0. The van der Waals surface area contributed by atoms with Crippen molar-refractivity contribution in [3.63, 3.8) is 0 Å². The van der Waals surface area contributed by atoms with E-state index in [2.05, 4.69) is 27.7 Å². The highest BCUT2D eigenvalue weighted by atomic mass is 15.3. The molecule has 0 amide bonds. The number of aromatic amines is 1. The highest BCUT2D eigenvalue weighted by Gasteiger charge is 2.02. The molecule has 0 aliphatic carbocycles. The molecule has 0 radical (unpaired) electrons. The number of nitrogens with one attached hydrogen (secondary N) is 2. The molecule has 4 heteroatoms. The molecule has 56 valence electrons. The van der Waals surface area contributed by atoms with E-state index in [4.69, 9.17) is 0 Å². The fourth-order valence-corrected chi connectivity index (χ4v) is 0.867. The summed E-state index contributed by atoms with van der Waals surface area (Å²) in [4.78, 5) is 0. The Morgan fingerprint density at radius 2 is 2.10 bits per heavy atom. The van der Waals surface area contributed by atoms with Crippen LogP contribution in [0.15, 0.2) is 0 Å². The largest absolute Gasteiger partial charge is 0.314 e. The molecule has 0 unspecified atom stereocenters. The molecule has 0 fully saturated rings. The molecule has 0 aromatic carbocycles. The van der Waals surface area contributed by atoms with Crippen molar-refractivity contribution in [2.24, 2.45) is 0 Å². The summed E-state index contributed by atoms with van der Waals surface area (Å²) in [6.07, 6.45) is 0.938. The van der Waals surface area contributed by atoms with Gasteiger partial charge in [0.25, 0.3) is 0 Å². The lowest BCUT2D eigenvalue weighted by molar-refractivity contribution is 0.775. The number of aryl methyl sites for hydroxylation is 1. The zero-order valence-corrected chi connectivity index (χ0v) is 6.31. The third-order valence-electron chi connectivity index (χ3n) is 1.38. The zero-order chi connectivity index (χ0) is 7.40. The van der Waals surface area contributed by atoms with E-state index >= 15 is 0 Å². The lowest BCUT2D eigenvalue weighted by atomic mass is 10.3. The molecule has 0 aliphatic rings. The summed E-state index contributed by atoms with van der Waals surface area (Å²) in [5.41, 5.74) is 2.07. The predicted molar refractivity (Wildman–Crippen MR) is 38.5 cm³/mol. The Labute approximate surface area is 60.0 Å². The van der Waals surface area contributed by atoms with Crippen LogP contribution >= 0.6 is 0 Å². The fraction of sp³-hybridized carbons (Fsp3) is 0.667. The maximum absolute atomic E-state index is 3.98. The van der Waals surface area contributed by atoms with Crippen molar-refractivity contribution in [1.29, 1.82) is 0 Å². The van der Waals surface area contributed by atoms with Gasteiger partial charge in [0.2, 0.25) is 0 Å². The second-order valence-corrected chi connectivity index (χ2v) is 2.10. The van der Waals surface area contributed by atoms with E-state index in [1.165, 1.54) is 0 Å². The van der Waals surface area contributed by atoms with Crippen LogP contribution in [0.1, 0.15) is 18.3 Å². The zero-order valence-electron chi connectivity index (χ0n) is 6.31. The highest BCUT2D eigenvalue weighted by Crippen LogP contribution is 1.99. The Morgan fingerprint density at radius 3 is 2.70 bits per heavy atom. The number of rotatable bonds is 3. The van der Waals surface area contributed by atoms with Crippen LogP contribution in [0, 0.1) is 0 Å². The van der Waals surface area contributed by atoms with Crippen molar-refractivity contribution in [2.45, 2.75) is 19.9 Å². The van der Waals surface area contributed by atoms with Gasteiger partial charge >= 0.3 is 0 Å². The van der Waals surface area contributed by atoms with Crippen LogP contribution in [-0.4, -0.2) is 22.5 Å². The summed E-state index contributed by atoms with van der Waals surface area (Å²) in [5.74, 6) is 0. The smallest absolute Gasteiger partial charge is 0.0994 e. The molecule has 1 aromatic heterocycles. The topological polar surface area (TPSA) is 53.6 Å². The maximum Gasteiger partial charge on any atom is 0.0994 e. The van der Waals surface area contributed by atoms with Gasteiger partial charge in [0, 0.05) is 6.54 Å². The Kier molecular flexibility index (Phi) is 2.39. The minimum Gasteiger partial charge on any atom is -0.314 e. The van der Waals surface area contributed by atoms with Gasteiger partial charge in [-0.15, -0.1) is 0 Å². The second-order valence-electron chi connectivity index (χ2n) is 2.10. The first-order chi connectivity index (χ1) is 4.88. The normalized spacial score (nSPS) is 10.2. The summed E-state index contributed by atoms with van der Waals surface area (Å²) in [6, 6.07) is 0. The standard InChI is InChI=1S/C6H12N4/c1-3-5-6(4-7-2)9-10-8-5/h7H,3-4H2,1-2H3,(H,8,9,10). The average Bonchev–Trinajstić information content (AvgIpc) is 2.36. The SMILES string of the molecule is CCc1n[nH]nc1CNC. The van der Waals surface area contributed by atoms with Crippen LogP contribution in [0.2, 0.25) is 0 Å². The molecule has 0 saturated heterocycles. The maximum atomic E-state index is 3.98. The molecule has 0 spiro atoms. The molecule has 10 heavy (non-hydrogen) atoms. The van der Waals surface area contributed by atoms with E-state index in [0.717, 1.165) is 24.4 Å². The Hall–Kier alpha value is -0.900. The first kappa shape index (κ1) is 7.21. The molecular formula is C6H12N4. The lowest BCUT2D eigenvalue weighted by Crippen LogP contribution is -2.07. The molecule has 0 atom stereocenters. The summed E-state index contributed by atoms with van der Waals surface area (Å²) in [5, 5.41) is 13.6. The molecular weight excluding hydrogens is 128 g/mol. The Balaban J connectivity index is 2.70. The van der Waals surface area contributed by atoms with E-state index in [1.807, 2.05) is 7.05 Å². The minimum atomic E-state index is 0.791. The Morgan fingerprint density at radius 1 is 1.40 bits per heavy atom. The van der Waals surface area contributed by atoms with Gasteiger partial charge in [0.15, 0.2) is 0 Å². The van der Waals surface area contributed by atoms with E-state index in [-0.39, 0.29) is 0 Å². The van der Waals surface area contributed by atoms with Gasteiger partial charge in [-0.25, -0.2) is 0 Å². The molecule has 1 aromatic rings. The van der Waals surface area contributed by atoms with Gasteiger partial charge in [0.05, 0.1) is 11.4 Å². The summed E-state index contributed by atoms with van der Waals surface area (Å²) in [7, 11) is 1.90. The van der Waals surface area contributed by atoms with E-state index in [0.29, 0.717) is 0 Å². The minimum absolute atomic E-state index is 0.791. The first-order valence-electron chi connectivity index (χ1n) is 3.41. The summed E-state index contributed by atoms with van der Waals surface area (Å²) in [6.45, 7) is 2.86. The molecule has 2 N–H and O–H groups in total.